The van der Waals surface area contributed by atoms with Crippen LogP contribution >= 0.6 is 0 Å². The fraction of sp³-hybridized carbons (Fsp3) is 0.300. The molecule has 136 valence electrons. The van der Waals surface area contributed by atoms with Crippen LogP contribution in [0.5, 0.6) is 0 Å². The first-order chi connectivity index (χ1) is 12.4. The number of rotatable bonds is 5. The third-order valence-corrected chi connectivity index (χ3v) is 4.48. The highest BCUT2D eigenvalue weighted by Crippen LogP contribution is 2.27. The van der Waals surface area contributed by atoms with Crippen LogP contribution in [0.4, 0.5) is 4.39 Å². The number of benzene rings is 1. The summed E-state index contributed by atoms with van der Waals surface area (Å²) < 4.78 is 15.6. The molecule has 0 bridgehead atoms. The largest absolute Gasteiger partial charge is 0.395 e. The molecule has 0 saturated carbocycles. The Morgan fingerprint density at radius 3 is 2.73 bits per heavy atom. The number of fused-ring (bicyclic) bond motifs is 1. The minimum atomic E-state index is -0.270. The van der Waals surface area contributed by atoms with Crippen LogP contribution in [0.25, 0.3) is 16.9 Å². The lowest BCUT2D eigenvalue weighted by atomic mass is 10.1. The van der Waals surface area contributed by atoms with E-state index in [1.807, 2.05) is 29.7 Å². The van der Waals surface area contributed by atoms with Crippen molar-refractivity contribution in [3.05, 3.63) is 59.2 Å². The van der Waals surface area contributed by atoms with Gasteiger partial charge < -0.3 is 14.4 Å². The van der Waals surface area contributed by atoms with Crippen molar-refractivity contribution in [3.8, 4) is 11.3 Å². The second kappa shape index (κ2) is 7.25. The molecule has 1 amide bonds. The predicted octanol–water partition coefficient (Wildman–Crippen LogP) is 2.75. The molecule has 1 N–H and O–H groups in total. The maximum absolute atomic E-state index is 13.7. The second-order valence-corrected chi connectivity index (χ2v) is 6.52. The summed E-state index contributed by atoms with van der Waals surface area (Å²) >= 11 is 0. The average molecular weight is 355 g/mol. The van der Waals surface area contributed by atoms with Gasteiger partial charge in [0, 0.05) is 25.4 Å². The van der Waals surface area contributed by atoms with Gasteiger partial charge in [-0.25, -0.2) is 9.37 Å². The van der Waals surface area contributed by atoms with Gasteiger partial charge in [0.25, 0.3) is 0 Å². The highest BCUT2D eigenvalue weighted by molar-refractivity contribution is 5.81. The van der Waals surface area contributed by atoms with Crippen LogP contribution in [-0.4, -0.2) is 45.5 Å². The topological polar surface area (TPSA) is 57.8 Å². The number of imidazole rings is 1. The fourth-order valence-electron chi connectivity index (χ4n) is 2.94. The van der Waals surface area contributed by atoms with Crippen molar-refractivity contribution in [2.24, 2.45) is 0 Å². The van der Waals surface area contributed by atoms with Gasteiger partial charge in [0.05, 0.1) is 24.4 Å². The van der Waals surface area contributed by atoms with E-state index in [1.165, 1.54) is 11.0 Å². The molecule has 0 aliphatic heterocycles. The van der Waals surface area contributed by atoms with Crippen LogP contribution in [0.15, 0.2) is 36.5 Å². The highest BCUT2D eigenvalue weighted by Gasteiger charge is 2.19. The van der Waals surface area contributed by atoms with E-state index in [-0.39, 0.29) is 31.3 Å². The normalized spacial score (nSPS) is 11.1. The molecule has 1 aromatic carbocycles. The first-order valence-corrected chi connectivity index (χ1v) is 8.49. The summed E-state index contributed by atoms with van der Waals surface area (Å²) in [5, 5.41) is 9.06. The van der Waals surface area contributed by atoms with E-state index in [2.05, 4.69) is 4.98 Å². The average Bonchev–Trinajstić information content (AvgIpc) is 2.95. The van der Waals surface area contributed by atoms with E-state index >= 15 is 0 Å². The summed E-state index contributed by atoms with van der Waals surface area (Å²) in [6.45, 7) is 3.88. The summed E-state index contributed by atoms with van der Waals surface area (Å²) in [6.07, 6.45) is 2.09. The molecular weight excluding hydrogens is 333 g/mol. The molecule has 0 aliphatic rings. The van der Waals surface area contributed by atoms with Crippen LogP contribution in [0, 0.1) is 19.7 Å². The van der Waals surface area contributed by atoms with Crippen LogP contribution < -0.4 is 0 Å². The molecule has 5 nitrogen and oxygen atoms in total. The number of hydrogen-bond acceptors (Lipinski definition) is 3. The third-order valence-electron chi connectivity index (χ3n) is 4.48. The van der Waals surface area contributed by atoms with Gasteiger partial charge in [-0.2, -0.15) is 0 Å². The van der Waals surface area contributed by atoms with Crippen molar-refractivity contribution in [2.45, 2.75) is 20.3 Å². The van der Waals surface area contributed by atoms with Crippen molar-refractivity contribution in [2.75, 3.05) is 20.2 Å². The van der Waals surface area contributed by atoms with E-state index in [0.29, 0.717) is 11.3 Å². The number of hydrogen-bond donors (Lipinski definition) is 1. The molecule has 3 aromatic rings. The number of aryl methyl sites for hydroxylation is 2. The van der Waals surface area contributed by atoms with E-state index in [0.717, 1.165) is 22.5 Å². The minimum absolute atomic E-state index is 0.0848. The maximum Gasteiger partial charge on any atom is 0.228 e. The molecule has 0 aliphatic carbocycles. The molecule has 0 radical (unpaired) electrons. The van der Waals surface area contributed by atoms with Crippen molar-refractivity contribution in [1.82, 2.24) is 14.3 Å². The molecule has 0 fully saturated rings. The van der Waals surface area contributed by atoms with Crippen LogP contribution in [0.1, 0.15) is 16.8 Å². The number of aliphatic hydroxyl groups is 1. The fourth-order valence-corrected chi connectivity index (χ4v) is 2.94. The molecular formula is C20H22FN3O2. The Balaban J connectivity index is 2.12. The number of aromatic nitrogens is 2. The van der Waals surface area contributed by atoms with Gasteiger partial charge in [-0.1, -0.05) is 6.07 Å². The summed E-state index contributed by atoms with van der Waals surface area (Å²) in [5.41, 5.74) is 4.52. The number of pyridine rings is 1. The number of likely N-dealkylation sites (N-methyl/N-ethyl adjacent to an activating group) is 1. The number of carbonyl (C=O) groups excluding carboxylic acids is 1. The monoisotopic (exact) mass is 355 g/mol. The lowest BCUT2D eigenvalue weighted by Gasteiger charge is -2.16. The molecule has 26 heavy (non-hydrogen) atoms. The molecule has 2 aromatic heterocycles. The molecule has 0 atom stereocenters. The summed E-state index contributed by atoms with van der Waals surface area (Å²) in [4.78, 5) is 18.7. The third kappa shape index (κ3) is 3.46. The van der Waals surface area contributed by atoms with Gasteiger partial charge in [-0.05, 0) is 49.2 Å². The number of halogens is 1. The number of carbonyl (C=O) groups is 1. The Morgan fingerprint density at radius 2 is 2.04 bits per heavy atom. The smallest absolute Gasteiger partial charge is 0.228 e. The van der Waals surface area contributed by atoms with Gasteiger partial charge in [-0.15, -0.1) is 0 Å². The van der Waals surface area contributed by atoms with E-state index < -0.39 is 0 Å². The van der Waals surface area contributed by atoms with Crippen molar-refractivity contribution in [3.63, 3.8) is 0 Å². The number of nitrogens with zero attached hydrogens (tertiary/aromatic N) is 3. The first kappa shape index (κ1) is 18.1. The molecule has 2 heterocycles. The zero-order chi connectivity index (χ0) is 18.8. The first-order valence-electron chi connectivity index (χ1n) is 8.49. The Labute approximate surface area is 151 Å². The van der Waals surface area contributed by atoms with Gasteiger partial charge in [0.1, 0.15) is 11.5 Å². The molecule has 0 spiro atoms. The van der Waals surface area contributed by atoms with Crippen molar-refractivity contribution >= 4 is 11.6 Å². The molecule has 0 unspecified atom stereocenters. The zero-order valence-electron chi connectivity index (χ0n) is 15.2. The number of aliphatic hydroxyl groups excluding tert-OH is 1. The van der Waals surface area contributed by atoms with E-state index in [4.69, 9.17) is 5.11 Å². The van der Waals surface area contributed by atoms with Crippen LogP contribution in [0.3, 0.4) is 0 Å². The Hall–Kier alpha value is -2.73. The second-order valence-electron chi connectivity index (χ2n) is 6.52. The zero-order valence-corrected chi connectivity index (χ0v) is 15.2. The van der Waals surface area contributed by atoms with Crippen molar-refractivity contribution < 1.29 is 14.3 Å². The maximum atomic E-state index is 13.7. The molecule has 6 heteroatoms. The Kier molecular flexibility index (Phi) is 5.04. The summed E-state index contributed by atoms with van der Waals surface area (Å²) in [6, 6.07) is 8.72. The minimum Gasteiger partial charge on any atom is -0.395 e. The van der Waals surface area contributed by atoms with Gasteiger partial charge in [0.2, 0.25) is 5.91 Å². The lowest BCUT2D eigenvalue weighted by molar-refractivity contribution is -0.129. The summed E-state index contributed by atoms with van der Waals surface area (Å²) in [5.74, 6) is -0.379. The Bertz CT molecular complexity index is 965. The molecule has 3 rings (SSSR count). The van der Waals surface area contributed by atoms with Crippen LogP contribution in [0.2, 0.25) is 0 Å². The highest BCUT2D eigenvalue weighted by atomic mass is 19.1. The van der Waals surface area contributed by atoms with E-state index in [1.54, 1.807) is 26.1 Å². The van der Waals surface area contributed by atoms with Gasteiger partial charge in [-0.3, -0.25) is 4.79 Å². The van der Waals surface area contributed by atoms with Gasteiger partial charge >= 0.3 is 0 Å². The lowest BCUT2D eigenvalue weighted by Crippen LogP contribution is -2.31. The number of amides is 1. The van der Waals surface area contributed by atoms with Crippen LogP contribution in [-0.2, 0) is 11.2 Å². The van der Waals surface area contributed by atoms with E-state index in [9.17, 15) is 9.18 Å². The van der Waals surface area contributed by atoms with Crippen molar-refractivity contribution in [1.29, 1.82) is 0 Å². The predicted molar refractivity (Wildman–Crippen MR) is 98.5 cm³/mol. The standard InChI is InChI=1S/C20H22FN3O2/c1-13-4-7-18-22-20(15-5-6-16(21)14(2)10-15)17(24(18)12-13)11-19(26)23(3)8-9-25/h4-7,10,12,25H,8-9,11H2,1-3H3. The van der Waals surface area contributed by atoms with Gasteiger partial charge in [0.15, 0.2) is 0 Å². The Morgan fingerprint density at radius 1 is 1.27 bits per heavy atom. The quantitative estimate of drug-likeness (QED) is 0.766. The summed E-state index contributed by atoms with van der Waals surface area (Å²) in [7, 11) is 1.66. The molecule has 0 saturated heterocycles. The SMILES string of the molecule is Cc1ccc2nc(-c3ccc(F)c(C)c3)c(CC(=O)N(C)CCO)n2c1.